The van der Waals surface area contributed by atoms with Crippen molar-refractivity contribution in [2.45, 2.75) is 10.9 Å². The van der Waals surface area contributed by atoms with Gasteiger partial charge in [-0.1, -0.05) is 12.1 Å². The van der Waals surface area contributed by atoms with E-state index in [4.69, 9.17) is 5.26 Å². The molecule has 0 saturated carbocycles. The van der Waals surface area contributed by atoms with Crippen molar-refractivity contribution < 1.29 is 8.42 Å². The van der Waals surface area contributed by atoms with Crippen LogP contribution in [0.3, 0.4) is 0 Å². The molecular formula is C14H13N5O2S. The van der Waals surface area contributed by atoms with E-state index in [1.165, 1.54) is 16.4 Å². The summed E-state index contributed by atoms with van der Waals surface area (Å²) in [5.74, 6) is 0.474. The molecule has 0 unspecified atom stereocenters. The van der Waals surface area contributed by atoms with E-state index in [0.717, 1.165) is 0 Å². The molecule has 112 valence electrons. The van der Waals surface area contributed by atoms with E-state index in [2.05, 4.69) is 15.3 Å². The van der Waals surface area contributed by atoms with Crippen LogP contribution in [0.1, 0.15) is 5.56 Å². The number of sulfonamides is 1. The monoisotopic (exact) mass is 315 g/mol. The predicted molar refractivity (Wildman–Crippen MR) is 79.4 cm³/mol. The van der Waals surface area contributed by atoms with Gasteiger partial charge in [0.15, 0.2) is 0 Å². The second-order valence-corrected chi connectivity index (χ2v) is 6.75. The lowest BCUT2D eigenvalue weighted by Crippen LogP contribution is -2.57. The third-order valence-corrected chi connectivity index (χ3v) is 5.26. The van der Waals surface area contributed by atoms with Gasteiger partial charge < -0.3 is 5.32 Å². The second kappa shape index (κ2) is 5.71. The standard InChI is InChI=1S/C14H13N5O2S/c15-8-11-4-1-2-5-13(11)22(20,21)19-9-12(10-19)18-14-16-6-3-7-17-14/h1-7,12H,9-10H2,(H,16,17,18). The van der Waals surface area contributed by atoms with E-state index in [9.17, 15) is 8.42 Å². The van der Waals surface area contributed by atoms with Crippen LogP contribution in [0, 0.1) is 11.3 Å². The van der Waals surface area contributed by atoms with Gasteiger partial charge in [-0.25, -0.2) is 18.4 Å². The first-order valence-electron chi connectivity index (χ1n) is 6.64. The van der Waals surface area contributed by atoms with Gasteiger partial charge in [0.25, 0.3) is 0 Å². The molecule has 0 radical (unpaired) electrons. The van der Waals surface area contributed by atoms with E-state index in [1.54, 1.807) is 30.6 Å². The molecule has 1 fully saturated rings. The molecule has 0 atom stereocenters. The molecule has 2 heterocycles. The normalized spacial score (nSPS) is 15.8. The third-order valence-electron chi connectivity index (χ3n) is 3.37. The molecule has 8 heteroatoms. The summed E-state index contributed by atoms with van der Waals surface area (Å²) in [5, 5.41) is 12.1. The lowest BCUT2D eigenvalue weighted by Gasteiger charge is -2.38. The quantitative estimate of drug-likeness (QED) is 0.897. The van der Waals surface area contributed by atoms with Crippen molar-refractivity contribution >= 4 is 16.0 Å². The number of nitrogens with one attached hydrogen (secondary N) is 1. The Balaban J connectivity index is 1.71. The van der Waals surface area contributed by atoms with Gasteiger partial charge in [0, 0.05) is 25.5 Å². The highest BCUT2D eigenvalue weighted by molar-refractivity contribution is 7.89. The summed E-state index contributed by atoms with van der Waals surface area (Å²) < 4.78 is 26.4. The lowest BCUT2D eigenvalue weighted by molar-refractivity contribution is 0.280. The summed E-state index contributed by atoms with van der Waals surface area (Å²) in [4.78, 5) is 8.13. The first kappa shape index (κ1) is 14.4. The minimum atomic E-state index is -3.64. The Bertz CT molecular complexity index is 811. The number of nitriles is 1. The highest BCUT2D eigenvalue weighted by Crippen LogP contribution is 2.25. The van der Waals surface area contributed by atoms with Crippen LogP contribution in [0.25, 0.3) is 0 Å². The molecule has 3 rings (SSSR count). The molecule has 1 aromatic heterocycles. The summed E-state index contributed by atoms with van der Waals surface area (Å²) in [7, 11) is -3.64. The molecule has 0 spiro atoms. The summed E-state index contributed by atoms with van der Waals surface area (Å²) in [6.45, 7) is 0.640. The van der Waals surface area contributed by atoms with Crippen LogP contribution < -0.4 is 5.32 Å². The number of rotatable bonds is 4. The van der Waals surface area contributed by atoms with Gasteiger partial charge in [-0.2, -0.15) is 9.57 Å². The second-order valence-electron chi connectivity index (χ2n) is 4.84. The van der Waals surface area contributed by atoms with Crippen LogP contribution in [0.4, 0.5) is 5.95 Å². The summed E-state index contributed by atoms with van der Waals surface area (Å²) in [5.41, 5.74) is 0.158. The molecule has 22 heavy (non-hydrogen) atoms. The molecule has 1 aliphatic rings. The SMILES string of the molecule is N#Cc1ccccc1S(=O)(=O)N1CC(Nc2ncccn2)C1. The summed E-state index contributed by atoms with van der Waals surface area (Å²) >= 11 is 0. The van der Waals surface area contributed by atoms with Crippen LogP contribution in [0.5, 0.6) is 0 Å². The number of nitrogens with zero attached hydrogens (tertiary/aromatic N) is 4. The van der Waals surface area contributed by atoms with Crippen molar-refractivity contribution in [2.24, 2.45) is 0 Å². The molecule has 1 saturated heterocycles. The van der Waals surface area contributed by atoms with Gasteiger partial charge >= 0.3 is 0 Å². The molecule has 0 aliphatic carbocycles. The maximum absolute atomic E-state index is 12.5. The molecule has 1 aliphatic heterocycles. The molecule has 1 aromatic carbocycles. The third kappa shape index (κ3) is 2.64. The number of benzene rings is 1. The fourth-order valence-electron chi connectivity index (χ4n) is 2.20. The van der Waals surface area contributed by atoms with Crippen LogP contribution in [-0.4, -0.2) is 41.8 Å². The molecule has 0 amide bonds. The van der Waals surface area contributed by atoms with Gasteiger partial charge in [0.05, 0.1) is 16.5 Å². The fourth-order valence-corrected chi connectivity index (χ4v) is 3.88. The van der Waals surface area contributed by atoms with Crippen molar-refractivity contribution in [3.8, 4) is 6.07 Å². The number of aromatic nitrogens is 2. The average Bonchev–Trinajstić information content (AvgIpc) is 2.51. The molecular weight excluding hydrogens is 302 g/mol. The van der Waals surface area contributed by atoms with E-state index in [0.29, 0.717) is 19.0 Å². The molecule has 7 nitrogen and oxygen atoms in total. The number of anilines is 1. The minimum absolute atomic E-state index is 0.0357. The van der Waals surface area contributed by atoms with E-state index < -0.39 is 10.0 Å². The van der Waals surface area contributed by atoms with Crippen molar-refractivity contribution in [1.29, 1.82) is 5.26 Å². The van der Waals surface area contributed by atoms with Crippen LogP contribution in [0.15, 0.2) is 47.6 Å². The van der Waals surface area contributed by atoms with Crippen LogP contribution in [-0.2, 0) is 10.0 Å². The van der Waals surface area contributed by atoms with E-state index in [-0.39, 0.29) is 16.5 Å². The van der Waals surface area contributed by atoms with Crippen molar-refractivity contribution in [3.05, 3.63) is 48.3 Å². The van der Waals surface area contributed by atoms with Crippen molar-refractivity contribution in [1.82, 2.24) is 14.3 Å². The van der Waals surface area contributed by atoms with E-state index >= 15 is 0 Å². The van der Waals surface area contributed by atoms with Gasteiger partial charge in [-0.3, -0.25) is 0 Å². The van der Waals surface area contributed by atoms with Crippen molar-refractivity contribution in [3.63, 3.8) is 0 Å². The highest BCUT2D eigenvalue weighted by Gasteiger charge is 2.38. The van der Waals surface area contributed by atoms with Gasteiger partial charge in [0.1, 0.15) is 6.07 Å². The van der Waals surface area contributed by atoms with Crippen LogP contribution in [0.2, 0.25) is 0 Å². The van der Waals surface area contributed by atoms with Crippen LogP contribution >= 0.6 is 0 Å². The maximum atomic E-state index is 12.5. The molecule has 0 bridgehead atoms. The topological polar surface area (TPSA) is 99.0 Å². The van der Waals surface area contributed by atoms with Gasteiger partial charge in [-0.15, -0.1) is 0 Å². The zero-order valence-corrected chi connectivity index (χ0v) is 12.4. The Morgan fingerprint density at radius 2 is 1.86 bits per heavy atom. The average molecular weight is 315 g/mol. The summed E-state index contributed by atoms with van der Waals surface area (Å²) in [6.07, 6.45) is 3.23. The Labute approximate surface area is 128 Å². The Morgan fingerprint density at radius 3 is 2.55 bits per heavy atom. The molecule has 1 N–H and O–H groups in total. The smallest absolute Gasteiger partial charge is 0.244 e. The van der Waals surface area contributed by atoms with Crippen molar-refractivity contribution in [2.75, 3.05) is 18.4 Å². The highest BCUT2D eigenvalue weighted by atomic mass is 32.2. The number of hydrogen-bond donors (Lipinski definition) is 1. The number of hydrogen-bond acceptors (Lipinski definition) is 6. The fraction of sp³-hybridized carbons (Fsp3) is 0.214. The van der Waals surface area contributed by atoms with Gasteiger partial charge in [-0.05, 0) is 18.2 Å². The zero-order valence-electron chi connectivity index (χ0n) is 11.5. The maximum Gasteiger partial charge on any atom is 0.244 e. The minimum Gasteiger partial charge on any atom is -0.349 e. The predicted octanol–water partition coefficient (Wildman–Crippen LogP) is 0.833. The first-order valence-corrected chi connectivity index (χ1v) is 8.08. The zero-order chi connectivity index (χ0) is 15.6. The Hall–Kier alpha value is -2.50. The Kier molecular flexibility index (Phi) is 3.75. The molecule has 2 aromatic rings. The largest absolute Gasteiger partial charge is 0.349 e. The lowest BCUT2D eigenvalue weighted by atomic mass is 10.2. The first-order chi connectivity index (χ1) is 10.6. The Morgan fingerprint density at radius 1 is 1.18 bits per heavy atom. The summed E-state index contributed by atoms with van der Waals surface area (Å²) in [6, 6.07) is 9.80. The van der Waals surface area contributed by atoms with E-state index in [1.807, 2.05) is 6.07 Å². The van der Waals surface area contributed by atoms with Gasteiger partial charge in [0.2, 0.25) is 16.0 Å².